The molecule has 1 aromatic rings. The molecule has 19 heavy (non-hydrogen) atoms. The second-order valence-corrected chi connectivity index (χ2v) is 7.36. The van der Waals surface area contributed by atoms with Crippen LogP contribution in [0.25, 0.3) is 0 Å². The van der Waals surface area contributed by atoms with Gasteiger partial charge in [-0.3, -0.25) is 4.57 Å². The summed E-state index contributed by atoms with van der Waals surface area (Å²) in [6.45, 7) is 4.12. The quantitative estimate of drug-likeness (QED) is 0.714. The summed E-state index contributed by atoms with van der Waals surface area (Å²) in [4.78, 5) is 9.94. The van der Waals surface area contributed by atoms with E-state index in [1.807, 2.05) is 31.2 Å². The number of hydrogen-bond acceptors (Lipinski definition) is 3. The van der Waals surface area contributed by atoms with Crippen LogP contribution in [0.15, 0.2) is 24.3 Å². The smallest absolute Gasteiger partial charge is 0.219 e. The summed E-state index contributed by atoms with van der Waals surface area (Å²) in [6.07, 6.45) is 2.54. The van der Waals surface area contributed by atoms with Crippen LogP contribution in [0.1, 0.15) is 26.7 Å². The molecule has 2 unspecified atom stereocenters. The lowest BCUT2D eigenvalue weighted by Crippen LogP contribution is -2.09. The van der Waals surface area contributed by atoms with Crippen molar-refractivity contribution in [1.29, 1.82) is 0 Å². The summed E-state index contributed by atoms with van der Waals surface area (Å²) in [7, 11) is -1.49. The summed E-state index contributed by atoms with van der Waals surface area (Å²) in [5.41, 5.74) is 0.832. The Bertz CT molecular complexity index is 419. The Balaban J connectivity index is 2.47. The number of benzene rings is 1. The molecule has 0 aromatic heterocycles. The molecule has 0 saturated carbocycles. The van der Waals surface area contributed by atoms with Gasteiger partial charge in [0.05, 0.1) is 13.4 Å². The molecular formula is C14H24NO3P. The fourth-order valence-corrected chi connectivity index (χ4v) is 3.77. The van der Waals surface area contributed by atoms with Gasteiger partial charge in [0, 0.05) is 11.8 Å². The van der Waals surface area contributed by atoms with E-state index >= 15 is 0 Å². The molecule has 2 atom stereocenters. The van der Waals surface area contributed by atoms with Gasteiger partial charge in [-0.2, -0.15) is 0 Å². The second kappa shape index (κ2) is 7.56. The number of rotatable bonds is 8. The Morgan fingerprint density at radius 1 is 1.37 bits per heavy atom. The van der Waals surface area contributed by atoms with E-state index in [9.17, 15) is 9.46 Å². The van der Waals surface area contributed by atoms with Gasteiger partial charge in [-0.1, -0.05) is 26.7 Å². The van der Waals surface area contributed by atoms with E-state index in [2.05, 4.69) is 12.2 Å². The normalized spacial score (nSPS) is 15.6. The molecule has 2 N–H and O–H groups in total. The summed E-state index contributed by atoms with van der Waals surface area (Å²) in [5.74, 6) is 1.06. The summed E-state index contributed by atoms with van der Waals surface area (Å²) >= 11 is 0. The maximum Gasteiger partial charge on any atom is 0.219 e. The first-order valence-electron chi connectivity index (χ1n) is 6.65. The number of hydrogen-bond donors (Lipinski definition) is 2. The van der Waals surface area contributed by atoms with Crippen LogP contribution in [-0.4, -0.2) is 24.5 Å². The topological polar surface area (TPSA) is 58.6 Å². The van der Waals surface area contributed by atoms with Crippen LogP contribution in [-0.2, 0) is 4.57 Å². The van der Waals surface area contributed by atoms with Crippen molar-refractivity contribution in [1.82, 2.24) is 0 Å². The van der Waals surface area contributed by atoms with Crippen molar-refractivity contribution in [2.24, 2.45) is 5.92 Å². The van der Waals surface area contributed by atoms with Crippen LogP contribution in [0.5, 0.6) is 5.75 Å². The van der Waals surface area contributed by atoms with E-state index in [4.69, 9.17) is 4.74 Å². The first kappa shape index (κ1) is 16.1. The maximum atomic E-state index is 12.1. The van der Waals surface area contributed by atoms with E-state index in [0.29, 0.717) is 12.1 Å². The van der Waals surface area contributed by atoms with Crippen LogP contribution in [0.2, 0.25) is 0 Å². The molecule has 0 amide bonds. The molecule has 0 radical (unpaired) electrons. The van der Waals surface area contributed by atoms with E-state index in [1.54, 1.807) is 7.11 Å². The van der Waals surface area contributed by atoms with Gasteiger partial charge in [0.2, 0.25) is 7.37 Å². The number of nitrogens with one attached hydrogen (secondary N) is 1. The molecule has 4 nitrogen and oxygen atoms in total. The molecule has 0 spiro atoms. The zero-order valence-corrected chi connectivity index (χ0v) is 12.8. The largest absolute Gasteiger partial charge is 0.497 e. The van der Waals surface area contributed by atoms with Gasteiger partial charge in [0.15, 0.2) is 0 Å². The summed E-state index contributed by atoms with van der Waals surface area (Å²) in [6, 6.07) is 7.33. The Labute approximate surface area is 115 Å². The predicted octanol–water partition coefficient (Wildman–Crippen LogP) is 3.77. The number of ether oxygens (including phenoxy) is 1. The highest BCUT2D eigenvalue weighted by Crippen LogP contribution is 2.42. The molecule has 1 aromatic carbocycles. The van der Waals surface area contributed by atoms with Crippen LogP contribution < -0.4 is 10.1 Å². The van der Waals surface area contributed by atoms with Crippen LogP contribution in [0.4, 0.5) is 5.69 Å². The molecule has 0 aliphatic heterocycles. The van der Waals surface area contributed by atoms with Crippen LogP contribution >= 0.6 is 7.37 Å². The maximum absolute atomic E-state index is 12.1. The Kier molecular flexibility index (Phi) is 6.40. The molecule has 0 aliphatic rings. The Morgan fingerprint density at radius 3 is 2.53 bits per heavy atom. The summed E-state index contributed by atoms with van der Waals surface area (Å²) in [5, 5.41) is 3.02. The minimum absolute atomic E-state index is 0.118. The van der Waals surface area contributed by atoms with Gasteiger partial charge in [-0.25, -0.2) is 0 Å². The van der Waals surface area contributed by atoms with Crippen LogP contribution in [0, 0.1) is 5.92 Å². The van der Waals surface area contributed by atoms with Gasteiger partial charge in [0.1, 0.15) is 5.75 Å². The summed E-state index contributed by atoms with van der Waals surface area (Å²) < 4.78 is 17.1. The molecule has 0 fully saturated rings. The Hall–Kier alpha value is -0.990. The van der Waals surface area contributed by atoms with Gasteiger partial charge < -0.3 is 14.9 Å². The van der Waals surface area contributed by atoms with Crippen molar-refractivity contribution in [3.63, 3.8) is 0 Å². The average molecular weight is 285 g/mol. The number of methoxy groups -OCH3 is 1. The predicted molar refractivity (Wildman–Crippen MR) is 80.2 cm³/mol. The van der Waals surface area contributed by atoms with Gasteiger partial charge in [0.25, 0.3) is 0 Å². The SMILES string of the molecule is CCCC(C)CP(=O)(O)CNc1ccc(OC)cc1. The molecular weight excluding hydrogens is 261 g/mol. The average Bonchev–Trinajstić information content (AvgIpc) is 2.37. The van der Waals surface area contributed by atoms with Crippen molar-refractivity contribution in [2.45, 2.75) is 26.7 Å². The van der Waals surface area contributed by atoms with Crippen molar-refractivity contribution < 1.29 is 14.2 Å². The third-order valence-electron chi connectivity index (χ3n) is 3.00. The fraction of sp³-hybridized carbons (Fsp3) is 0.571. The first-order chi connectivity index (χ1) is 8.96. The second-order valence-electron chi connectivity index (χ2n) is 4.99. The van der Waals surface area contributed by atoms with Crippen molar-refractivity contribution in [2.75, 3.05) is 24.9 Å². The van der Waals surface area contributed by atoms with Gasteiger partial charge >= 0.3 is 0 Å². The highest BCUT2D eigenvalue weighted by molar-refractivity contribution is 7.58. The highest BCUT2D eigenvalue weighted by Gasteiger charge is 2.21. The Morgan fingerprint density at radius 2 is 2.00 bits per heavy atom. The molecule has 0 heterocycles. The zero-order chi connectivity index (χ0) is 14.3. The highest BCUT2D eigenvalue weighted by atomic mass is 31.2. The number of anilines is 1. The zero-order valence-electron chi connectivity index (χ0n) is 11.9. The monoisotopic (exact) mass is 285 g/mol. The van der Waals surface area contributed by atoms with Gasteiger partial charge in [-0.05, 0) is 30.2 Å². The lowest BCUT2D eigenvalue weighted by molar-refractivity contribution is 0.415. The van der Waals surface area contributed by atoms with Crippen molar-refractivity contribution in [3.8, 4) is 5.75 Å². The standard InChI is InChI=1S/C14H24NO3P/c1-4-5-12(2)10-19(16,17)11-15-13-6-8-14(18-3)9-7-13/h6-9,12,15H,4-5,10-11H2,1-3H3,(H,16,17). The van der Waals surface area contributed by atoms with Crippen molar-refractivity contribution >= 4 is 13.1 Å². The molecule has 1 rings (SSSR count). The molecule has 0 aliphatic carbocycles. The van der Waals surface area contributed by atoms with E-state index in [-0.39, 0.29) is 6.29 Å². The van der Waals surface area contributed by atoms with E-state index < -0.39 is 7.37 Å². The first-order valence-corrected chi connectivity index (χ1v) is 8.68. The molecule has 0 bridgehead atoms. The van der Waals surface area contributed by atoms with Gasteiger partial charge in [-0.15, -0.1) is 0 Å². The minimum atomic E-state index is -3.10. The fourth-order valence-electron chi connectivity index (χ4n) is 2.06. The van der Waals surface area contributed by atoms with Crippen LogP contribution in [0.3, 0.4) is 0 Å². The molecule has 0 saturated heterocycles. The molecule has 5 heteroatoms. The molecule has 108 valence electrons. The lowest BCUT2D eigenvalue weighted by atomic mass is 10.1. The third-order valence-corrected chi connectivity index (χ3v) is 4.84. The third kappa shape index (κ3) is 6.13. The lowest BCUT2D eigenvalue weighted by Gasteiger charge is -2.17. The van der Waals surface area contributed by atoms with Crippen molar-refractivity contribution in [3.05, 3.63) is 24.3 Å². The van der Waals surface area contributed by atoms with E-state index in [0.717, 1.165) is 24.3 Å². The minimum Gasteiger partial charge on any atom is -0.497 e. The van der Waals surface area contributed by atoms with E-state index in [1.165, 1.54) is 0 Å².